The van der Waals surface area contributed by atoms with Gasteiger partial charge in [0.25, 0.3) is 5.91 Å². The number of rotatable bonds is 5. The van der Waals surface area contributed by atoms with Crippen molar-refractivity contribution in [3.05, 3.63) is 41.6 Å². The van der Waals surface area contributed by atoms with E-state index in [1.54, 1.807) is 30.1 Å². The molecule has 2 aliphatic rings. The van der Waals surface area contributed by atoms with E-state index in [4.69, 9.17) is 22.3 Å². The maximum Gasteiger partial charge on any atom is 0.277 e. The third-order valence-electron chi connectivity index (χ3n) is 4.04. The fourth-order valence-corrected chi connectivity index (χ4v) is 2.86. The van der Waals surface area contributed by atoms with Gasteiger partial charge in [-0.05, 0) is 25.0 Å². The summed E-state index contributed by atoms with van der Waals surface area (Å²) >= 11 is 0. The molecule has 1 fully saturated rings. The number of ether oxygens (including phenoxy) is 2. The Kier molecular flexibility index (Phi) is 5.10. The SMILES string of the molecule is C#CCOc1ccc(N=C2C(=O)N(C)C3=CCCC=C32)cc1OCC#C. The van der Waals surface area contributed by atoms with Crippen molar-refractivity contribution in [3.8, 4) is 36.2 Å². The summed E-state index contributed by atoms with van der Waals surface area (Å²) in [5.41, 5.74) is 2.80. The van der Waals surface area contributed by atoms with Crippen molar-refractivity contribution in [3.63, 3.8) is 0 Å². The second kappa shape index (κ2) is 7.63. The number of likely N-dealkylation sites (N-methyl/N-ethyl adjacent to an activating group) is 1. The molecule has 0 radical (unpaired) electrons. The van der Waals surface area contributed by atoms with Gasteiger partial charge in [-0.3, -0.25) is 4.79 Å². The molecular formula is C21H18N2O3. The average molecular weight is 346 g/mol. The number of allylic oxidation sites excluding steroid dienone is 3. The number of hydrogen-bond donors (Lipinski definition) is 0. The molecule has 1 aromatic rings. The molecule has 0 bridgehead atoms. The highest BCUT2D eigenvalue weighted by atomic mass is 16.5. The van der Waals surface area contributed by atoms with Gasteiger partial charge in [0.1, 0.15) is 18.9 Å². The number of terminal acetylenes is 2. The molecule has 0 unspecified atom stereocenters. The molecule has 0 saturated carbocycles. The van der Waals surface area contributed by atoms with E-state index in [-0.39, 0.29) is 19.1 Å². The normalized spacial score (nSPS) is 17.1. The third-order valence-corrected chi connectivity index (χ3v) is 4.04. The van der Waals surface area contributed by atoms with Gasteiger partial charge in [-0.25, -0.2) is 4.99 Å². The fourth-order valence-electron chi connectivity index (χ4n) is 2.86. The molecule has 1 amide bonds. The van der Waals surface area contributed by atoms with Gasteiger partial charge in [0.15, 0.2) is 11.5 Å². The van der Waals surface area contributed by atoms with E-state index in [1.165, 1.54) is 0 Å². The highest BCUT2D eigenvalue weighted by Gasteiger charge is 2.35. The Balaban J connectivity index is 1.96. The van der Waals surface area contributed by atoms with Crippen LogP contribution in [0.1, 0.15) is 12.8 Å². The summed E-state index contributed by atoms with van der Waals surface area (Å²) in [5.74, 6) is 5.61. The summed E-state index contributed by atoms with van der Waals surface area (Å²) in [6.07, 6.45) is 16.4. The van der Waals surface area contributed by atoms with E-state index >= 15 is 0 Å². The second-order valence-corrected chi connectivity index (χ2v) is 5.73. The number of fused-ring (bicyclic) bond motifs is 1. The molecule has 3 rings (SSSR count). The molecule has 1 aromatic carbocycles. The zero-order chi connectivity index (χ0) is 18.5. The summed E-state index contributed by atoms with van der Waals surface area (Å²) in [7, 11) is 1.76. The lowest BCUT2D eigenvalue weighted by Crippen LogP contribution is -2.21. The Morgan fingerprint density at radius 3 is 2.54 bits per heavy atom. The van der Waals surface area contributed by atoms with E-state index in [9.17, 15) is 4.79 Å². The van der Waals surface area contributed by atoms with E-state index in [1.807, 2.05) is 0 Å². The van der Waals surface area contributed by atoms with E-state index < -0.39 is 0 Å². The smallest absolute Gasteiger partial charge is 0.277 e. The van der Waals surface area contributed by atoms with Crippen LogP contribution in [-0.4, -0.2) is 36.8 Å². The van der Waals surface area contributed by atoms with Gasteiger partial charge < -0.3 is 14.4 Å². The molecule has 1 saturated heterocycles. The number of carbonyl (C=O) groups excluding carboxylic acids is 1. The number of nitrogens with zero attached hydrogens (tertiary/aromatic N) is 2. The summed E-state index contributed by atoms with van der Waals surface area (Å²) in [5, 5.41) is 0. The van der Waals surface area contributed by atoms with Gasteiger partial charge in [-0.1, -0.05) is 24.0 Å². The molecule has 0 atom stereocenters. The zero-order valence-electron chi connectivity index (χ0n) is 14.5. The largest absolute Gasteiger partial charge is 0.477 e. The lowest BCUT2D eigenvalue weighted by molar-refractivity contribution is -0.120. The molecule has 0 N–H and O–H groups in total. The maximum absolute atomic E-state index is 12.6. The van der Waals surface area contributed by atoms with Gasteiger partial charge in [0.2, 0.25) is 0 Å². The predicted molar refractivity (Wildman–Crippen MR) is 100 cm³/mol. The van der Waals surface area contributed by atoms with Crippen LogP contribution in [0.3, 0.4) is 0 Å². The van der Waals surface area contributed by atoms with Crippen LogP contribution in [-0.2, 0) is 4.79 Å². The molecule has 0 spiro atoms. The van der Waals surface area contributed by atoms with E-state index in [2.05, 4.69) is 29.0 Å². The second-order valence-electron chi connectivity index (χ2n) is 5.73. The summed E-state index contributed by atoms with van der Waals surface area (Å²) in [6.45, 7) is 0.205. The molecule has 26 heavy (non-hydrogen) atoms. The van der Waals surface area contributed by atoms with Crippen LogP contribution in [0.5, 0.6) is 11.5 Å². The predicted octanol–water partition coefficient (Wildman–Crippen LogP) is 2.86. The standard InChI is InChI=1S/C21H18N2O3/c1-4-12-25-18-11-10-15(14-19(18)26-13-5-2)22-20-16-8-6-7-9-17(16)23(3)21(20)24/h1-2,8-11,14H,6-7,12-13H2,3H3. The van der Waals surface area contributed by atoms with E-state index in [0.29, 0.717) is 22.9 Å². The molecule has 1 heterocycles. The summed E-state index contributed by atoms with van der Waals surface area (Å²) < 4.78 is 11.0. The van der Waals surface area contributed by atoms with Crippen LogP contribution in [0.2, 0.25) is 0 Å². The average Bonchev–Trinajstić information content (AvgIpc) is 2.91. The van der Waals surface area contributed by atoms with Crippen LogP contribution in [0.15, 0.2) is 46.6 Å². The van der Waals surface area contributed by atoms with Crippen molar-refractivity contribution >= 4 is 17.3 Å². The fraction of sp³-hybridized carbons (Fsp3) is 0.238. The summed E-state index contributed by atoms with van der Waals surface area (Å²) in [6, 6.07) is 5.15. The molecule has 1 aliphatic carbocycles. The number of amides is 1. The number of likely N-dealkylation sites (tertiary alicyclic amines) is 1. The Morgan fingerprint density at radius 1 is 1.12 bits per heavy atom. The lowest BCUT2D eigenvalue weighted by Gasteiger charge is -2.12. The maximum atomic E-state index is 12.6. The van der Waals surface area contributed by atoms with Crippen molar-refractivity contribution in [1.29, 1.82) is 0 Å². The highest BCUT2D eigenvalue weighted by molar-refractivity contribution is 6.50. The quantitative estimate of drug-likeness (QED) is 0.771. The topological polar surface area (TPSA) is 51.1 Å². The lowest BCUT2D eigenvalue weighted by atomic mass is 10.0. The van der Waals surface area contributed by atoms with Gasteiger partial charge in [-0.2, -0.15) is 0 Å². The Bertz CT molecular complexity index is 910. The van der Waals surface area contributed by atoms with Crippen LogP contribution >= 0.6 is 0 Å². The van der Waals surface area contributed by atoms with Gasteiger partial charge >= 0.3 is 0 Å². The first-order valence-electron chi connectivity index (χ1n) is 8.20. The number of aliphatic imine (C=N–C) groups is 1. The third kappa shape index (κ3) is 3.34. The molecule has 0 aromatic heterocycles. The van der Waals surface area contributed by atoms with Gasteiger partial charge in [0, 0.05) is 24.4 Å². The number of hydrogen-bond acceptors (Lipinski definition) is 4. The number of carbonyl (C=O) groups is 1. The van der Waals surface area contributed by atoms with Gasteiger partial charge in [-0.15, -0.1) is 12.8 Å². The first-order chi connectivity index (χ1) is 12.7. The van der Waals surface area contributed by atoms with Crippen molar-refractivity contribution in [2.75, 3.05) is 20.3 Å². The molecule has 1 aliphatic heterocycles. The highest BCUT2D eigenvalue weighted by Crippen LogP contribution is 2.35. The minimum absolute atomic E-state index is 0.0894. The number of benzene rings is 1. The Hall–Kier alpha value is -3.44. The van der Waals surface area contributed by atoms with Crippen LogP contribution in [0, 0.1) is 24.7 Å². The molecule has 5 heteroatoms. The molecule has 5 nitrogen and oxygen atoms in total. The van der Waals surface area contributed by atoms with Crippen molar-refractivity contribution in [1.82, 2.24) is 4.90 Å². The molecule has 130 valence electrons. The van der Waals surface area contributed by atoms with Crippen LogP contribution in [0.4, 0.5) is 5.69 Å². The van der Waals surface area contributed by atoms with Crippen molar-refractivity contribution in [2.24, 2.45) is 4.99 Å². The Labute approximate surface area is 153 Å². The zero-order valence-corrected chi connectivity index (χ0v) is 14.5. The van der Waals surface area contributed by atoms with Gasteiger partial charge in [0.05, 0.1) is 5.69 Å². The van der Waals surface area contributed by atoms with E-state index in [0.717, 1.165) is 24.1 Å². The minimum Gasteiger partial charge on any atom is -0.477 e. The van der Waals surface area contributed by atoms with Crippen LogP contribution < -0.4 is 9.47 Å². The first-order valence-corrected chi connectivity index (χ1v) is 8.20. The van der Waals surface area contributed by atoms with Crippen LogP contribution in [0.25, 0.3) is 0 Å². The first kappa shape index (κ1) is 17.4. The molecular weight excluding hydrogens is 328 g/mol. The monoisotopic (exact) mass is 346 g/mol. The van der Waals surface area contributed by atoms with Crippen molar-refractivity contribution in [2.45, 2.75) is 12.8 Å². The minimum atomic E-state index is -0.122. The van der Waals surface area contributed by atoms with Crippen molar-refractivity contribution < 1.29 is 14.3 Å². The Morgan fingerprint density at radius 2 is 1.81 bits per heavy atom. The summed E-state index contributed by atoms with van der Waals surface area (Å²) in [4.78, 5) is 18.7.